The molecule has 1 rings (SSSR count). The molecule has 0 radical (unpaired) electrons. The first-order valence-electron chi connectivity index (χ1n) is 4.23. The van der Waals surface area contributed by atoms with Gasteiger partial charge in [0, 0.05) is 18.3 Å². The second kappa shape index (κ2) is 5.01. The maximum absolute atomic E-state index is 5.31. The van der Waals surface area contributed by atoms with Crippen LogP contribution in [0.5, 0.6) is 0 Å². The van der Waals surface area contributed by atoms with E-state index in [9.17, 15) is 0 Å². The number of nitrogens with zero attached hydrogens (tertiary/aromatic N) is 1. The number of hydrogen-bond donors (Lipinski definition) is 1. The molecule has 0 bridgehead atoms. The zero-order valence-electron chi connectivity index (χ0n) is 7.12. The van der Waals surface area contributed by atoms with Crippen molar-refractivity contribution in [2.24, 2.45) is 0 Å². The van der Waals surface area contributed by atoms with Gasteiger partial charge in [0.05, 0.1) is 13.2 Å². The van der Waals surface area contributed by atoms with Crippen molar-refractivity contribution < 1.29 is 4.74 Å². The van der Waals surface area contributed by atoms with Gasteiger partial charge in [-0.15, -0.1) is 0 Å². The fraction of sp³-hybridized carbons (Fsp3) is 1.00. The van der Waals surface area contributed by atoms with Crippen LogP contribution in [0.1, 0.15) is 12.8 Å². The second-order valence-corrected chi connectivity index (χ2v) is 3.49. The molecule has 0 amide bonds. The molecule has 0 spiro atoms. The van der Waals surface area contributed by atoms with E-state index in [1.165, 1.54) is 12.8 Å². The van der Waals surface area contributed by atoms with E-state index in [-0.39, 0.29) is 0 Å². The minimum absolute atomic E-state index is 0.779. The number of hydrogen-bond acceptors (Lipinski definition) is 3. The Bertz CT molecular complexity index is 106. The summed E-state index contributed by atoms with van der Waals surface area (Å²) in [6, 6.07) is 0.856. The average Bonchev–Trinajstić information content (AvgIpc) is 2.79. The first kappa shape index (κ1) is 9.36. The van der Waals surface area contributed by atoms with E-state index in [1.807, 2.05) is 0 Å². The molecular weight excluding hydrogens is 158 g/mol. The fourth-order valence-electron chi connectivity index (χ4n) is 1.07. The summed E-state index contributed by atoms with van der Waals surface area (Å²) in [5.74, 6) is 0.827. The molecule has 0 unspecified atom stereocenters. The van der Waals surface area contributed by atoms with Crippen LogP contribution in [0, 0.1) is 0 Å². The van der Waals surface area contributed by atoms with E-state index in [2.05, 4.69) is 24.6 Å². The molecule has 0 atom stereocenters. The van der Waals surface area contributed by atoms with Gasteiger partial charge < -0.3 is 9.64 Å². The summed E-state index contributed by atoms with van der Waals surface area (Å²) in [5.41, 5.74) is 0. The number of likely N-dealkylation sites (N-methyl/N-ethyl adjacent to an activating group) is 1. The Kier molecular flexibility index (Phi) is 4.26. The summed E-state index contributed by atoms with van der Waals surface area (Å²) in [6.07, 6.45) is 2.76. The van der Waals surface area contributed by atoms with Crippen molar-refractivity contribution in [3.8, 4) is 0 Å². The Morgan fingerprint density at radius 2 is 2.18 bits per heavy atom. The molecule has 0 saturated heterocycles. The van der Waals surface area contributed by atoms with Crippen molar-refractivity contribution in [1.29, 1.82) is 0 Å². The maximum Gasteiger partial charge on any atom is 0.0593 e. The molecular formula is C8H17NOS. The molecule has 0 aromatic rings. The highest BCUT2D eigenvalue weighted by atomic mass is 32.1. The van der Waals surface area contributed by atoms with Gasteiger partial charge in [0.25, 0.3) is 0 Å². The molecule has 1 aliphatic carbocycles. The minimum atomic E-state index is 0.779. The van der Waals surface area contributed by atoms with E-state index >= 15 is 0 Å². The molecule has 0 aromatic heterocycles. The van der Waals surface area contributed by atoms with Crippen molar-refractivity contribution in [2.75, 3.05) is 32.6 Å². The zero-order chi connectivity index (χ0) is 8.10. The van der Waals surface area contributed by atoms with Crippen molar-refractivity contribution in [1.82, 2.24) is 4.90 Å². The number of ether oxygens (including phenoxy) is 1. The van der Waals surface area contributed by atoms with E-state index in [1.54, 1.807) is 0 Å². The molecule has 2 nitrogen and oxygen atoms in total. The van der Waals surface area contributed by atoms with Gasteiger partial charge in [-0.2, -0.15) is 12.6 Å². The third-order valence-corrected chi connectivity index (χ3v) is 2.18. The van der Waals surface area contributed by atoms with Crippen molar-refractivity contribution in [3.63, 3.8) is 0 Å². The van der Waals surface area contributed by atoms with E-state index < -0.39 is 0 Å². The van der Waals surface area contributed by atoms with Gasteiger partial charge in [-0.25, -0.2) is 0 Å². The Balaban J connectivity index is 1.85. The highest BCUT2D eigenvalue weighted by Crippen LogP contribution is 2.24. The van der Waals surface area contributed by atoms with Crippen LogP contribution in [0.4, 0.5) is 0 Å². The van der Waals surface area contributed by atoms with Crippen LogP contribution in [0.15, 0.2) is 0 Å². The van der Waals surface area contributed by atoms with Gasteiger partial charge in [0.2, 0.25) is 0 Å². The van der Waals surface area contributed by atoms with Gasteiger partial charge in [-0.1, -0.05) is 0 Å². The maximum atomic E-state index is 5.31. The SMILES string of the molecule is CN(CCOCCS)C1CC1. The van der Waals surface area contributed by atoms with Crippen LogP contribution in [0.25, 0.3) is 0 Å². The lowest BCUT2D eigenvalue weighted by Gasteiger charge is -2.14. The van der Waals surface area contributed by atoms with Crippen molar-refractivity contribution >= 4 is 12.6 Å². The molecule has 1 fully saturated rings. The summed E-state index contributed by atoms with van der Waals surface area (Å²) < 4.78 is 5.31. The fourth-order valence-corrected chi connectivity index (χ4v) is 1.20. The largest absolute Gasteiger partial charge is 0.379 e. The monoisotopic (exact) mass is 175 g/mol. The Morgan fingerprint density at radius 3 is 2.73 bits per heavy atom. The highest BCUT2D eigenvalue weighted by Gasteiger charge is 2.25. The standard InChI is InChI=1S/C8H17NOS/c1-9(8-2-3-8)4-5-10-6-7-11/h8,11H,2-7H2,1H3. The van der Waals surface area contributed by atoms with Gasteiger partial charge in [-0.3, -0.25) is 0 Å². The Hall–Kier alpha value is 0.270. The van der Waals surface area contributed by atoms with Crippen LogP contribution in [-0.2, 0) is 4.74 Å². The molecule has 0 aliphatic heterocycles. The Labute approximate surface area is 74.3 Å². The van der Waals surface area contributed by atoms with Crippen LogP contribution in [-0.4, -0.2) is 43.5 Å². The Morgan fingerprint density at radius 1 is 1.45 bits per heavy atom. The molecule has 1 aliphatic rings. The molecule has 0 heterocycles. The van der Waals surface area contributed by atoms with Gasteiger partial charge >= 0.3 is 0 Å². The smallest absolute Gasteiger partial charge is 0.0593 e. The normalized spacial score (nSPS) is 17.7. The first-order chi connectivity index (χ1) is 5.34. The molecule has 1 saturated carbocycles. The summed E-state index contributed by atoms with van der Waals surface area (Å²) in [7, 11) is 2.17. The zero-order valence-corrected chi connectivity index (χ0v) is 8.02. The first-order valence-corrected chi connectivity index (χ1v) is 4.86. The van der Waals surface area contributed by atoms with Gasteiger partial charge in [0.15, 0.2) is 0 Å². The third-order valence-electron chi connectivity index (χ3n) is 1.99. The van der Waals surface area contributed by atoms with Crippen molar-refractivity contribution in [2.45, 2.75) is 18.9 Å². The third kappa shape index (κ3) is 3.99. The highest BCUT2D eigenvalue weighted by molar-refractivity contribution is 7.80. The quantitative estimate of drug-likeness (QED) is 0.478. The van der Waals surface area contributed by atoms with Gasteiger partial charge in [-0.05, 0) is 19.9 Å². The summed E-state index contributed by atoms with van der Waals surface area (Å²) in [6.45, 7) is 2.70. The molecule has 0 N–H and O–H groups in total. The average molecular weight is 175 g/mol. The second-order valence-electron chi connectivity index (χ2n) is 3.05. The number of rotatable bonds is 6. The lowest BCUT2D eigenvalue weighted by atomic mass is 10.5. The van der Waals surface area contributed by atoms with E-state index in [4.69, 9.17) is 4.74 Å². The molecule has 0 aromatic carbocycles. The molecule has 3 heteroatoms. The van der Waals surface area contributed by atoms with Gasteiger partial charge in [0.1, 0.15) is 0 Å². The van der Waals surface area contributed by atoms with Crippen LogP contribution in [0.3, 0.4) is 0 Å². The summed E-state index contributed by atoms with van der Waals surface area (Å²) in [5, 5.41) is 0. The lowest BCUT2D eigenvalue weighted by Crippen LogP contribution is -2.25. The molecule has 11 heavy (non-hydrogen) atoms. The van der Waals surface area contributed by atoms with Crippen molar-refractivity contribution in [3.05, 3.63) is 0 Å². The predicted octanol–water partition coefficient (Wildman–Crippen LogP) is 1.03. The summed E-state index contributed by atoms with van der Waals surface area (Å²) >= 11 is 4.06. The lowest BCUT2D eigenvalue weighted by molar-refractivity contribution is 0.122. The van der Waals surface area contributed by atoms with Crippen LogP contribution in [0.2, 0.25) is 0 Å². The molecule has 66 valence electrons. The summed E-state index contributed by atoms with van der Waals surface area (Å²) in [4.78, 5) is 2.37. The van der Waals surface area contributed by atoms with Crippen LogP contribution >= 0.6 is 12.6 Å². The van der Waals surface area contributed by atoms with Crippen LogP contribution < -0.4 is 0 Å². The van der Waals surface area contributed by atoms with E-state index in [0.29, 0.717) is 0 Å². The minimum Gasteiger partial charge on any atom is -0.379 e. The number of thiol groups is 1. The topological polar surface area (TPSA) is 12.5 Å². The van der Waals surface area contributed by atoms with E-state index in [0.717, 1.165) is 31.6 Å². The predicted molar refractivity (Wildman–Crippen MR) is 50.3 cm³/mol.